The van der Waals surface area contributed by atoms with E-state index < -0.39 is 0 Å². The van der Waals surface area contributed by atoms with Gasteiger partial charge in [0.15, 0.2) is 0 Å². The molecule has 0 aliphatic rings. The van der Waals surface area contributed by atoms with Gasteiger partial charge >= 0.3 is 0 Å². The number of hydrogen-bond acceptors (Lipinski definition) is 1. The number of carbonyl (C=O) groups is 1. The van der Waals surface area contributed by atoms with Crippen molar-refractivity contribution >= 4 is 17.4 Å². The lowest BCUT2D eigenvalue weighted by atomic mass is 9.77. The third-order valence-electron chi connectivity index (χ3n) is 2.78. The van der Waals surface area contributed by atoms with Crippen LogP contribution in [0, 0.1) is 11.3 Å². The molecule has 0 unspecified atom stereocenters. The van der Waals surface area contributed by atoms with Gasteiger partial charge in [-0.25, -0.2) is 0 Å². The zero-order chi connectivity index (χ0) is 12.3. The summed E-state index contributed by atoms with van der Waals surface area (Å²) in [6.07, 6.45) is 0.698. The summed E-state index contributed by atoms with van der Waals surface area (Å²) in [5.41, 5.74) is 0.697. The number of rotatable bonds is 4. The largest absolute Gasteiger partial charge is 0.299 e. The van der Waals surface area contributed by atoms with Gasteiger partial charge in [-0.15, -0.1) is 0 Å². The monoisotopic (exact) mass is 238 g/mol. The lowest BCUT2D eigenvalue weighted by molar-refractivity contribution is -0.130. The first-order valence-electron chi connectivity index (χ1n) is 5.62. The van der Waals surface area contributed by atoms with Crippen LogP contribution in [0.25, 0.3) is 0 Å². The van der Waals surface area contributed by atoms with Crippen LogP contribution in [-0.4, -0.2) is 5.78 Å². The van der Waals surface area contributed by atoms with Crippen LogP contribution >= 0.6 is 11.6 Å². The van der Waals surface area contributed by atoms with Gasteiger partial charge in [-0.1, -0.05) is 57.5 Å². The summed E-state index contributed by atoms with van der Waals surface area (Å²) in [7, 11) is 0. The second-order valence-corrected chi connectivity index (χ2v) is 5.58. The van der Waals surface area contributed by atoms with E-state index in [4.69, 9.17) is 11.6 Å². The fourth-order valence-corrected chi connectivity index (χ4v) is 2.19. The predicted octanol–water partition coefficient (Wildman–Crippen LogP) is 4.13. The van der Waals surface area contributed by atoms with Crippen molar-refractivity contribution in [3.63, 3.8) is 0 Å². The molecule has 0 atom stereocenters. The molecular formula is C14H19ClO. The van der Waals surface area contributed by atoms with E-state index in [1.165, 1.54) is 0 Å². The van der Waals surface area contributed by atoms with E-state index in [0.29, 0.717) is 6.42 Å². The summed E-state index contributed by atoms with van der Waals surface area (Å²) >= 11 is 6.10. The summed E-state index contributed by atoms with van der Waals surface area (Å²) in [5.74, 6) is 0.352. The summed E-state index contributed by atoms with van der Waals surface area (Å²) in [5, 5.41) is 0.743. The molecule has 0 radical (unpaired) electrons. The number of halogens is 1. The van der Waals surface area contributed by atoms with Gasteiger partial charge in [0, 0.05) is 16.4 Å². The minimum atomic E-state index is -0.348. The van der Waals surface area contributed by atoms with Crippen LogP contribution in [0.2, 0.25) is 5.02 Å². The van der Waals surface area contributed by atoms with Crippen LogP contribution < -0.4 is 0 Å². The number of hydrogen-bond donors (Lipinski definition) is 0. The zero-order valence-corrected chi connectivity index (χ0v) is 11.1. The Hall–Kier alpha value is -0.820. The quantitative estimate of drug-likeness (QED) is 0.771. The van der Waals surface area contributed by atoms with Crippen LogP contribution in [0.15, 0.2) is 24.3 Å². The predicted molar refractivity (Wildman–Crippen MR) is 68.8 cm³/mol. The van der Waals surface area contributed by atoms with Crippen LogP contribution in [-0.2, 0) is 11.2 Å². The van der Waals surface area contributed by atoms with Crippen molar-refractivity contribution < 1.29 is 4.79 Å². The van der Waals surface area contributed by atoms with Gasteiger partial charge in [0.2, 0.25) is 0 Å². The molecule has 0 aliphatic heterocycles. The maximum atomic E-state index is 12.0. The molecule has 0 amide bonds. The first kappa shape index (κ1) is 13.2. The topological polar surface area (TPSA) is 17.1 Å². The Bertz CT molecular complexity index is 380. The van der Waals surface area contributed by atoms with Gasteiger partial charge in [0.05, 0.1) is 0 Å². The molecule has 2 heteroatoms. The average molecular weight is 239 g/mol. The Labute approximate surface area is 103 Å². The highest BCUT2D eigenvalue weighted by Crippen LogP contribution is 2.29. The number of ketones is 1. The van der Waals surface area contributed by atoms with Crippen molar-refractivity contribution in [2.45, 2.75) is 34.1 Å². The Morgan fingerprint density at radius 2 is 1.88 bits per heavy atom. The minimum Gasteiger partial charge on any atom is -0.299 e. The standard InChI is InChI=1S/C14H19ClO/c1-10(2)13(16)14(3,4)9-11-7-5-6-8-12(11)15/h5-8,10H,9H2,1-4H3. The van der Waals surface area contributed by atoms with E-state index >= 15 is 0 Å². The van der Waals surface area contributed by atoms with Crippen molar-refractivity contribution in [2.24, 2.45) is 11.3 Å². The highest BCUT2D eigenvalue weighted by Gasteiger charge is 2.30. The first-order valence-corrected chi connectivity index (χ1v) is 6.00. The van der Waals surface area contributed by atoms with Gasteiger partial charge in [-0.2, -0.15) is 0 Å². The molecule has 0 aromatic heterocycles. The Morgan fingerprint density at radius 3 is 2.38 bits per heavy atom. The molecule has 1 aromatic carbocycles. The highest BCUT2D eigenvalue weighted by atomic mass is 35.5. The fourth-order valence-electron chi connectivity index (χ4n) is 1.99. The maximum Gasteiger partial charge on any atom is 0.141 e. The third-order valence-corrected chi connectivity index (χ3v) is 3.15. The molecule has 0 fully saturated rings. The second kappa shape index (κ2) is 5.01. The van der Waals surface area contributed by atoms with Crippen LogP contribution in [0.5, 0.6) is 0 Å². The molecule has 0 saturated carbocycles. The molecule has 0 N–H and O–H groups in total. The van der Waals surface area contributed by atoms with Gasteiger partial charge in [-0.05, 0) is 18.1 Å². The van der Waals surface area contributed by atoms with Crippen molar-refractivity contribution in [3.8, 4) is 0 Å². The van der Waals surface area contributed by atoms with Gasteiger partial charge < -0.3 is 0 Å². The smallest absolute Gasteiger partial charge is 0.141 e. The minimum absolute atomic E-state index is 0.0671. The lowest BCUT2D eigenvalue weighted by Crippen LogP contribution is -2.30. The van der Waals surface area contributed by atoms with Crippen LogP contribution in [0.1, 0.15) is 33.3 Å². The Morgan fingerprint density at radius 1 is 1.31 bits per heavy atom. The maximum absolute atomic E-state index is 12.0. The van der Waals surface area contributed by atoms with E-state index in [1.54, 1.807) is 0 Å². The van der Waals surface area contributed by atoms with Crippen molar-refractivity contribution in [3.05, 3.63) is 34.9 Å². The van der Waals surface area contributed by atoms with Crippen molar-refractivity contribution in [1.82, 2.24) is 0 Å². The molecule has 16 heavy (non-hydrogen) atoms. The summed E-state index contributed by atoms with van der Waals surface area (Å²) in [4.78, 5) is 12.0. The highest BCUT2D eigenvalue weighted by molar-refractivity contribution is 6.31. The first-order chi connectivity index (χ1) is 7.34. The molecule has 0 spiro atoms. The Kier molecular flexibility index (Phi) is 4.15. The number of benzene rings is 1. The molecule has 1 rings (SSSR count). The van der Waals surface area contributed by atoms with Gasteiger partial charge in [0.1, 0.15) is 5.78 Å². The molecule has 0 heterocycles. The van der Waals surface area contributed by atoms with E-state index in [-0.39, 0.29) is 17.1 Å². The fraction of sp³-hybridized carbons (Fsp3) is 0.500. The number of Topliss-reactive ketones (excluding diaryl/α,β-unsaturated/α-hetero) is 1. The summed E-state index contributed by atoms with van der Waals surface area (Å²) in [6, 6.07) is 7.71. The van der Waals surface area contributed by atoms with E-state index in [0.717, 1.165) is 10.6 Å². The molecule has 0 aliphatic carbocycles. The molecule has 88 valence electrons. The SMILES string of the molecule is CC(C)C(=O)C(C)(C)Cc1ccccc1Cl. The second-order valence-electron chi connectivity index (χ2n) is 5.17. The van der Waals surface area contributed by atoms with Crippen molar-refractivity contribution in [1.29, 1.82) is 0 Å². The molecule has 0 bridgehead atoms. The number of carbonyl (C=O) groups excluding carboxylic acids is 1. The lowest BCUT2D eigenvalue weighted by Gasteiger charge is -2.25. The van der Waals surface area contributed by atoms with E-state index in [2.05, 4.69) is 0 Å². The average Bonchev–Trinajstić information content (AvgIpc) is 2.20. The van der Waals surface area contributed by atoms with E-state index in [9.17, 15) is 4.79 Å². The zero-order valence-electron chi connectivity index (χ0n) is 10.4. The van der Waals surface area contributed by atoms with E-state index in [1.807, 2.05) is 52.0 Å². The summed E-state index contributed by atoms with van der Waals surface area (Å²) < 4.78 is 0. The molecule has 0 saturated heterocycles. The summed E-state index contributed by atoms with van der Waals surface area (Å²) in [6.45, 7) is 7.85. The molecule has 1 aromatic rings. The third kappa shape index (κ3) is 3.08. The Balaban J connectivity index is 2.89. The van der Waals surface area contributed by atoms with Gasteiger partial charge in [0.25, 0.3) is 0 Å². The van der Waals surface area contributed by atoms with Crippen LogP contribution in [0.3, 0.4) is 0 Å². The molecule has 1 nitrogen and oxygen atoms in total. The van der Waals surface area contributed by atoms with Crippen molar-refractivity contribution in [2.75, 3.05) is 0 Å². The molecular weight excluding hydrogens is 220 g/mol. The van der Waals surface area contributed by atoms with Gasteiger partial charge in [-0.3, -0.25) is 4.79 Å². The normalized spacial score (nSPS) is 11.9. The van der Waals surface area contributed by atoms with Crippen LogP contribution in [0.4, 0.5) is 0 Å².